The largest absolute Gasteiger partial charge is 0.480 e. The lowest BCUT2D eigenvalue weighted by Gasteiger charge is -2.17. The second kappa shape index (κ2) is 6.13. The SMILES string of the molecule is O=C(O)c1cc(-c2cncnc2)cc([C@H]2CCN[C@@H]2C(=O)O)c1. The first-order valence-corrected chi connectivity index (χ1v) is 7.16. The average Bonchev–Trinajstić information content (AvgIpc) is 3.05. The van der Waals surface area contributed by atoms with Crippen molar-refractivity contribution in [3.05, 3.63) is 48.0 Å². The van der Waals surface area contributed by atoms with Crippen molar-refractivity contribution >= 4 is 11.9 Å². The molecular formula is C16H15N3O4. The Labute approximate surface area is 132 Å². The van der Waals surface area contributed by atoms with E-state index in [0.717, 1.165) is 0 Å². The van der Waals surface area contributed by atoms with E-state index >= 15 is 0 Å². The molecule has 0 saturated carbocycles. The fourth-order valence-electron chi connectivity index (χ4n) is 2.93. The van der Waals surface area contributed by atoms with E-state index in [0.29, 0.717) is 29.7 Å². The number of hydrogen-bond acceptors (Lipinski definition) is 5. The zero-order valence-electron chi connectivity index (χ0n) is 12.1. The van der Waals surface area contributed by atoms with Gasteiger partial charge in [0.2, 0.25) is 0 Å². The summed E-state index contributed by atoms with van der Waals surface area (Å²) in [5, 5.41) is 21.6. The Balaban J connectivity index is 2.08. The summed E-state index contributed by atoms with van der Waals surface area (Å²) in [6.07, 6.45) is 5.23. The third-order valence-electron chi connectivity index (χ3n) is 4.01. The van der Waals surface area contributed by atoms with Gasteiger partial charge in [0, 0.05) is 23.9 Å². The molecule has 3 N–H and O–H groups in total. The Morgan fingerprint density at radius 3 is 2.48 bits per heavy atom. The number of nitrogens with one attached hydrogen (secondary N) is 1. The summed E-state index contributed by atoms with van der Waals surface area (Å²) in [5.74, 6) is -2.25. The van der Waals surface area contributed by atoms with Crippen LogP contribution in [0.1, 0.15) is 28.3 Å². The van der Waals surface area contributed by atoms with Gasteiger partial charge in [0.1, 0.15) is 12.4 Å². The molecule has 7 nitrogen and oxygen atoms in total. The molecule has 1 aromatic carbocycles. The van der Waals surface area contributed by atoms with Crippen molar-refractivity contribution in [3.63, 3.8) is 0 Å². The summed E-state index contributed by atoms with van der Waals surface area (Å²) in [5.41, 5.74) is 2.17. The van der Waals surface area contributed by atoms with E-state index in [2.05, 4.69) is 15.3 Å². The van der Waals surface area contributed by atoms with Crippen LogP contribution >= 0.6 is 0 Å². The van der Waals surface area contributed by atoms with E-state index in [9.17, 15) is 19.8 Å². The maximum Gasteiger partial charge on any atom is 0.335 e. The molecule has 1 fully saturated rings. The number of carboxylic acid groups (broad SMARTS) is 2. The van der Waals surface area contributed by atoms with Gasteiger partial charge in [-0.05, 0) is 36.2 Å². The van der Waals surface area contributed by atoms with Crippen LogP contribution in [-0.4, -0.2) is 44.7 Å². The number of nitrogens with zero attached hydrogens (tertiary/aromatic N) is 2. The Bertz CT molecular complexity index is 748. The normalized spacial score (nSPS) is 20.3. The molecule has 3 rings (SSSR count). The van der Waals surface area contributed by atoms with Crippen molar-refractivity contribution in [3.8, 4) is 11.1 Å². The van der Waals surface area contributed by atoms with Gasteiger partial charge in [-0.3, -0.25) is 4.79 Å². The van der Waals surface area contributed by atoms with Gasteiger partial charge in [0.25, 0.3) is 0 Å². The highest BCUT2D eigenvalue weighted by Crippen LogP contribution is 2.32. The maximum absolute atomic E-state index is 11.4. The van der Waals surface area contributed by atoms with Gasteiger partial charge in [0.15, 0.2) is 0 Å². The van der Waals surface area contributed by atoms with E-state index in [4.69, 9.17) is 0 Å². The van der Waals surface area contributed by atoms with E-state index in [1.54, 1.807) is 24.5 Å². The number of aromatic nitrogens is 2. The summed E-state index contributed by atoms with van der Waals surface area (Å²) in [6, 6.07) is 4.20. The zero-order chi connectivity index (χ0) is 16.4. The second-order valence-electron chi connectivity index (χ2n) is 5.44. The van der Waals surface area contributed by atoms with Gasteiger partial charge in [-0.25, -0.2) is 14.8 Å². The number of hydrogen-bond donors (Lipinski definition) is 3. The van der Waals surface area contributed by atoms with Crippen LogP contribution in [0.25, 0.3) is 11.1 Å². The molecule has 0 aliphatic carbocycles. The maximum atomic E-state index is 11.4. The molecule has 7 heteroatoms. The van der Waals surface area contributed by atoms with Crippen LogP contribution in [0, 0.1) is 0 Å². The minimum absolute atomic E-state index is 0.123. The fourth-order valence-corrected chi connectivity index (χ4v) is 2.93. The Morgan fingerprint density at radius 2 is 1.83 bits per heavy atom. The molecular weight excluding hydrogens is 298 g/mol. The minimum Gasteiger partial charge on any atom is -0.480 e. The first kappa shape index (κ1) is 15.1. The van der Waals surface area contributed by atoms with Gasteiger partial charge in [-0.2, -0.15) is 0 Å². The molecule has 0 amide bonds. The lowest BCUT2D eigenvalue weighted by molar-refractivity contribution is -0.139. The first-order chi connectivity index (χ1) is 11.1. The molecule has 0 radical (unpaired) electrons. The standard InChI is InChI=1S/C16H15N3O4/c20-15(21)11-4-9(12-6-17-8-18-7-12)3-10(5-11)13-1-2-19-14(13)16(22)23/h3-8,13-14,19H,1-2H2,(H,20,21)(H,22,23)/t13-,14+/m1/s1. The molecule has 1 aliphatic heterocycles. The van der Waals surface area contributed by atoms with Gasteiger partial charge < -0.3 is 15.5 Å². The molecule has 0 bridgehead atoms. The summed E-state index contributed by atoms with van der Waals surface area (Å²) >= 11 is 0. The van der Waals surface area contributed by atoms with Crippen LogP contribution < -0.4 is 5.32 Å². The highest BCUT2D eigenvalue weighted by molar-refractivity contribution is 5.90. The minimum atomic E-state index is -1.05. The second-order valence-corrected chi connectivity index (χ2v) is 5.44. The van der Waals surface area contributed by atoms with Crippen molar-refractivity contribution in [2.45, 2.75) is 18.4 Å². The van der Waals surface area contributed by atoms with Crippen LogP contribution in [-0.2, 0) is 4.79 Å². The van der Waals surface area contributed by atoms with Crippen molar-refractivity contribution in [2.75, 3.05) is 6.54 Å². The van der Waals surface area contributed by atoms with Crippen LogP contribution in [0.4, 0.5) is 0 Å². The molecule has 23 heavy (non-hydrogen) atoms. The molecule has 1 aliphatic rings. The molecule has 2 atom stereocenters. The lowest BCUT2D eigenvalue weighted by Crippen LogP contribution is -2.34. The third kappa shape index (κ3) is 3.04. The number of carboxylic acids is 2. The predicted octanol–water partition coefficient (Wildman–Crippen LogP) is 1.37. The average molecular weight is 313 g/mol. The number of aliphatic carboxylic acids is 1. The summed E-state index contributed by atoms with van der Waals surface area (Å²) in [7, 11) is 0. The third-order valence-corrected chi connectivity index (χ3v) is 4.01. The highest BCUT2D eigenvalue weighted by atomic mass is 16.4. The number of rotatable bonds is 4. The molecule has 0 spiro atoms. The zero-order valence-corrected chi connectivity index (χ0v) is 12.1. The summed E-state index contributed by atoms with van der Waals surface area (Å²) in [4.78, 5) is 30.6. The molecule has 1 aromatic heterocycles. The van der Waals surface area contributed by atoms with Crippen LogP contribution in [0.15, 0.2) is 36.9 Å². The first-order valence-electron chi connectivity index (χ1n) is 7.16. The Morgan fingerprint density at radius 1 is 1.09 bits per heavy atom. The topological polar surface area (TPSA) is 112 Å². The monoisotopic (exact) mass is 313 g/mol. The van der Waals surface area contributed by atoms with Crippen molar-refractivity contribution in [2.24, 2.45) is 0 Å². The highest BCUT2D eigenvalue weighted by Gasteiger charge is 2.34. The van der Waals surface area contributed by atoms with E-state index in [1.807, 2.05) is 6.07 Å². The van der Waals surface area contributed by atoms with E-state index < -0.39 is 18.0 Å². The molecule has 2 heterocycles. The van der Waals surface area contributed by atoms with Crippen LogP contribution in [0.5, 0.6) is 0 Å². The number of aromatic carboxylic acids is 1. The summed E-state index contributed by atoms with van der Waals surface area (Å²) < 4.78 is 0. The van der Waals surface area contributed by atoms with E-state index in [-0.39, 0.29) is 11.5 Å². The van der Waals surface area contributed by atoms with Gasteiger partial charge >= 0.3 is 11.9 Å². The number of benzene rings is 1. The van der Waals surface area contributed by atoms with Crippen LogP contribution in [0.2, 0.25) is 0 Å². The number of carbonyl (C=O) groups is 2. The van der Waals surface area contributed by atoms with Crippen LogP contribution in [0.3, 0.4) is 0 Å². The van der Waals surface area contributed by atoms with Gasteiger partial charge in [-0.15, -0.1) is 0 Å². The molecule has 1 saturated heterocycles. The molecule has 2 aromatic rings. The van der Waals surface area contributed by atoms with Crippen molar-refractivity contribution in [1.29, 1.82) is 0 Å². The Kier molecular flexibility index (Phi) is 4.03. The van der Waals surface area contributed by atoms with E-state index in [1.165, 1.54) is 6.33 Å². The lowest BCUT2D eigenvalue weighted by atomic mass is 9.88. The van der Waals surface area contributed by atoms with Crippen molar-refractivity contribution < 1.29 is 19.8 Å². The summed E-state index contributed by atoms with van der Waals surface area (Å²) in [6.45, 7) is 0.586. The predicted molar refractivity (Wildman–Crippen MR) is 81.2 cm³/mol. The Hall–Kier alpha value is -2.80. The quantitative estimate of drug-likeness (QED) is 0.781. The smallest absolute Gasteiger partial charge is 0.335 e. The van der Waals surface area contributed by atoms with Gasteiger partial charge in [0.05, 0.1) is 5.56 Å². The van der Waals surface area contributed by atoms with Gasteiger partial charge in [-0.1, -0.05) is 6.07 Å². The molecule has 0 unspecified atom stereocenters. The fraction of sp³-hybridized carbons (Fsp3) is 0.250. The molecule has 118 valence electrons. The van der Waals surface area contributed by atoms with Crippen molar-refractivity contribution in [1.82, 2.24) is 15.3 Å².